The first-order chi connectivity index (χ1) is 8.36. The highest BCUT2D eigenvalue weighted by atomic mass is 16.2. The van der Waals surface area contributed by atoms with E-state index in [0.717, 1.165) is 12.8 Å². The summed E-state index contributed by atoms with van der Waals surface area (Å²) in [5.74, 6) is 0.165. The largest absolute Gasteiger partial charge is 0.356 e. The summed E-state index contributed by atoms with van der Waals surface area (Å²) >= 11 is 0. The zero-order valence-corrected chi connectivity index (χ0v) is 12.4. The van der Waals surface area contributed by atoms with Crippen molar-refractivity contribution in [3.8, 4) is 0 Å². The molecule has 0 saturated heterocycles. The van der Waals surface area contributed by atoms with Gasteiger partial charge in [0.2, 0.25) is 11.8 Å². The topological polar surface area (TPSA) is 58.2 Å². The minimum absolute atomic E-state index is 0.0330. The second-order valence-electron chi connectivity index (χ2n) is 5.32. The molecule has 0 aliphatic rings. The third-order valence-electron chi connectivity index (χ3n) is 3.41. The second kappa shape index (κ2) is 8.11. The molecule has 4 heteroatoms. The lowest BCUT2D eigenvalue weighted by Crippen LogP contribution is -2.41. The summed E-state index contributed by atoms with van der Waals surface area (Å²) in [5, 5.41) is 5.91. The quantitative estimate of drug-likeness (QED) is 0.699. The summed E-state index contributed by atoms with van der Waals surface area (Å²) in [6, 6.07) is 0.140. The Morgan fingerprint density at radius 3 is 2.11 bits per heavy atom. The van der Waals surface area contributed by atoms with Gasteiger partial charge in [-0.1, -0.05) is 27.7 Å². The molecular weight excluding hydrogens is 228 g/mol. The Hall–Kier alpha value is -1.06. The normalized spacial score (nSPS) is 15.6. The van der Waals surface area contributed by atoms with Crippen molar-refractivity contribution < 1.29 is 9.59 Å². The molecule has 2 amide bonds. The standard InChI is InChI=1S/C14H28N2O2/c1-6-12(17)15-10-14(5,8-3)9-11(4)16-13(18)7-2/h11H,6-10H2,1-5H3,(H,15,17)(H,16,18). The molecule has 2 unspecified atom stereocenters. The van der Waals surface area contributed by atoms with Gasteiger partial charge < -0.3 is 10.6 Å². The zero-order chi connectivity index (χ0) is 14.2. The SMILES string of the molecule is CCC(=O)NCC(C)(CC)CC(C)NC(=O)CC. The van der Waals surface area contributed by atoms with Crippen LogP contribution in [0, 0.1) is 5.41 Å². The van der Waals surface area contributed by atoms with Gasteiger partial charge in [0, 0.05) is 25.4 Å². The summed E-state index contributed by atoms with van der Waals surface area (Å²) in [6.45, 7) is 10.7. The minimum Gasteiger partial charge on any atom is -0.356 e. The van der Waals surface area contributed by atoms with Crippen LogP contribution in [-0.4, -0.2) is 24.4 Å². The van der Waals surface area contributed by atoms with Crippen LogP contribution in [0.1, 0.15) is 60.3 Å². The van der Waals surface area contributed by atoms with Crippen LogP contribution in [0.4, 0.5) is 0 Å². The summed E-state index contributed by atoms with van der Waals surface area (Å²) in [6.07, 6.45) is 2.88. The van der Waals surface area contributed by atoms with Crippen molar-refractivity contribution in [2.24, 2.45) is 5.41 Å². The molecule has 0 heterocycles. The van der Waals surface area contributed by atoms with Crippen molar-refractivity contribution >= 4 is 11.8 Å². The van der Waals surface area contributed by atoms with E-state index >= 15 is 0 Å². The van der Waals surface area contributed by atoms with Gasteiger partial charge in [0.1, 0.15) is 0 Å². The van der Waals surface area contributed by atoms with Gasteiger partial charge >= 0.3 is 0 Å². The van der Waals surface area contributed by atoms with Crippen molar-refractivity contribution in [3.05, 3.63) is 0 Å². The van der Waals surface area contributed by atoms with Gasteiger partial charge in [-0.05, 0) is 25.2 Å². The van der Waals surface area contributed by atoms with Crippen molar-refractivity contribution in [3.63, 3.8) is 0 Å². The van der Waals surface area contributed by atoms with Crippen LogP contribution in [0.25, 0.3) is 0 Å². The highest BCUT2D eigenvalue weighted by molar-refractivity contribution is 5.76. The number of carbonyl (C=O) groups excluding carboxylic acids is 2. The number of rotatable bonds is 8. The first-order valence-corrected chi connectivity index (χ1v) is 6.93. The van der Waals surface area contributed by atoms with Gasteiger partial charge in [-0.15, -0.1) is 0 Å². The maximum atomic E-state index is 11.3. The minimum atomic E-state index is 0.0330. The molecule has 0 bridgehead atoms. The average Bonchev–Trinajstić information content (AvgIpc) is 2.35. The Morgan fingerprint density at radius 2 is 1.67 bits per heavy atom. The van der Waals surface area contributed by atoms with Crippen LogP contribution in [-0.2, 0) is 9.59 Å². The molecule has 2 atom stereocenters. The lowest BCUT2D eigenvalue weighted by Gasteiger charge is -2.31. The van der Waals surface area contributed by atoms with Crippen LogP contribution in [0.2, 0.25) is 0 Å². The van der Waals surface area contributed by atoms with E-state index in [-0.39, 0.29) is 23.3 Å². The molecule has 0 aliphatic carbocycles. The molecule has 18 heavy (non-hydrogen) atoms. The van der Waals surface area contributed by atoms with E-state index in [9.17, 15) is 9.59 Å². The van der Waals surface area contributed by atoms with Crippen molar-refractivity contribution in [1.29, 1.82) is 0 Å². The highest BCUT2D eigenvalue weighted by Crippen LogP contribution is 2.26. The van der Waals surface area contributed by atoms with Gasteiger partial charge in [-0.3, -0.25) is 9.59 Å². The second-order valence-corrected chi connectivity index (χ2v) is 5.32. The number of carbonyl (C=O) groups is 2. The number of nitrogens with one attached hydrogen (secondary N) is 2. The molecule has 0 rings (SSSR count). The fourth-order valence-electron chi connectivity index (χ4n) is 1.95. The third-order valence-corrected chi connectivity index (χ3v) is 3.41. The summed E-state index contributed by atoms with van der Waals surface area (Å²) in [5.41, 5.74) is 0.0330. The lowest BCUT2D eigenvalue weighted by molar-refractivity contribution is -0.122. The molecule has 0 saturated carbocycles. The van der Waals surface area contributed by atoms with E-state index in [0.29, 0.717) is 19.4 Å². The van der Waals surface area contributed by atoms with Crippen molar-refractivity contribution in [1.82, 2.24) is 10.6 Å². The Morgan fingerprint density at radius 1 is 1.11 bits per heavy atom. The molecule has 0 aliphatic heterocycles. The lowest BCUT2D eigenvalue weighted by atomic mass is 9.81. The Kier molecular flexibility index (Phi) is 7.64. The van der Waals surface area contributed by atoms with Gasteiger partial charge in [0.05, 0.1) is 0 Å². The van der Waals surface area contributed by atoms with Crippen LogP contribution in [0.3, 0.4) is 0 Å². The van der Waals surface area contributed by atoms with Crippen molar-refractivity contribution in [2.45, 2.75) is 66.3 Å². The Labute approximate surface area is 111 Å². The zero-order valence-electron chi connectivity index (χ0n) is 12.4. The first kappa shape index (κ1) is 16.9. The Bertz CT molecular complexity index is 279. The van der Waals surface area contributed by atoms with E-state index in [2.05, 4.69) is 24.5 Å². The van der Waals surface area contributed by atoms with E-state index in [1.165, 1.54) is 0 Å². The molecule has 2 N–H and O–H groups in total. The monoisotopic (exact) mass is 256 g/mol. The predicted octanol–water partition coefficient (Wildman–Crippen LogP) is 2.23. The molecule has 4 nitrogen and oxygen atoms in total. The fourth-order valence-corrected chi connectivity index (χ4v) is 1.95. The van der Waals surface area contributed by atoms with E-state index in [1.54, 1.807) is 0 Å². The fraction of sp³-hybridized carbons (Fsp3) is 0.857. The van der Waals surface area contributed by atoms with Crippen molar-refractivity contribution in [2.75, 3.05) is 6.54 Å². The van der Waals surface area contributed by atoms with E-state index < -0.39 is 0 Å². The van der Waals surface area contributed by atoms with Crippen LogP contribution >= 0.6 is 0 Å². The molecule has 0 fully saturated rings. The third kappa shape index (κ3) is 6.62. The smallest absolute Gasteiger partial charge is 0.219 e. The van der Waals surface area contributed by atoms with Crippen LogP contribution in [0.15, 0.2) is 0 Å². The van der Waals surface area contributed by atoms with Gasteiger partial charge in [0.15, 0.2) is 0 Å². The molecule has 0 aromatic carbocycles. The van der Waals surface area contributed by atoms with Gasteiger partial charge in [-0.25, -0.2) is 0 Å². The summed E-state index contributed by atoms with van der Waals surface area (Å²) in [4.78, 5) is 22.6. The molecule has 0 aromatic heterocycles. The molecule has 0 radical (unpaired) electrons. The number of amides is 2. The molecule has 0 spiro atoms. The molecule has 0 aromatic rings. The van der Waals surface area contributed by atoms with E-state index in [1.807, 2.05) is 20.8 Å². The molecular formula is C14H28N2O2. The summed E-state index contributed by atoms with van der Waals surface area (Å²) in [7, 11) is 0. The first-order valence-electron chi connectivity index (χ1n) is 6.93. The number of hydrogen-bond acceptors (Lipinski definition) is 2. The highest BCUT2D eigenvalue weighted by Gasteiger charge is 2.25. The average molecular weight is 256 g/mol. The van der Waals surface area contributed by atoms with Gasteiger partial charge in [0.25, 0.3) is 0 Å². The maximum absolute atomic E-state index is 11.3. The van der Waals surface area contributed by atoms with Crippen LogP contribution in [0.5, 0.6) is 0 Å². The molecule has 106 valence electrons. The predicted molar refractivity (Wildman–Crippen MR) is 74.2 cm³/mol. The van der Waals surface area contributed by atoms with Gasteiger partial charge in [-0.2, -0.15) is 0 Å². The number of hydrogen-bond donors (Lipinski definition) is 2. The van der Waals surface area contributed by atoms with E-state index in [4.69, 9.17) is 0 Å². The maximum Gasteiger partial charge on any atom is 0.219 e. The van der Waals surface area contributed by atoms with Crippen LogP contribution < -0.4 is 10.6 Å². The Balaban J connectivity index is 4.28. The summed E-state index contributed by atoms with van der Waals surface area (Å²) < 4.78 is 0.